The van der Waals surface area contributed by atoms with Crippen LogP contribution in [0.5, 0.6) is 5.75 Å². The Morgan fingerprint density at radius 2 is 1.77 bits per heavy atom. The number of benzene rings is 1. The second-order valence-electron chi connectivity index (χ2n) is 7.40. The molecule has 1 fully saturated rings. The summed E-state index contributed by atoms with van der Waals surface area (Å²) in [4.78, 5) is 37.7. The number of rotatable bonds is 10. The third-order valence-corrected chi connectivity index (χ3v) is 5.68. The fourth-order valence-electron chi connectivity index (χ4n) is 3.43. The highest BCUT2D eigenvalue weighted by atomic mass is 79.9. The molecule has 0 aromatic heterocycles. The van der Waals surface area contributed by atoms with Crippen LogP contribution in [-0.2, 0) is 14.3 Å². The van der Waals surface area contributed by atoms with Crippen LogP contribution < -0.4 is 10.1 Å². The van der Waals surface area contributed by atoms with Crippen LogP contribution in [0.25, 0.3) is 0 Å². The molecule has 164 valence electrons. The molecule has 0 saturated heterocycles. The van der Waals surface area contributed by atoms with Gasteiger partial charge < -0.3 is 14.8 Å². The van der Waals surface area contributed by atoms with Gasteiger partial charge in [0.1, 0.15) is 11.3 Å². The molecule has 1 N–H and O–H groups in total. The molecule has 1 aliphatic rings. The predicted octanol–water partition coefficient (Wildman–Crippen LogP) is 4.71. The number of carbonyl (C=O) groups excluding carboxylic acids is 3. The standard InChI is InChI=1S/C23H30BrNO5/c1-3-5-15-30-18-11-9-17(10-12-18)21(27)19(24)16-20(26)25-23(22(28)29-4-2)13-7-6-8-14-23/h9-12,16H,3-8,13-15H2,1-2H3,(H,25,26)/b19-16-. The first-order valence-electron chi connectivity index (χ1n) is 10.6. The van der Waals surface area contributed by atoms with Crippen LogP contribution in [0.1, 0.15) is 69.2 Å². The lowest BCUT2D eigenvalue weighted by Gasteiger charge is -2.35. The SMILES string of the molecule is CCCCOc1ccc(C(=O)/C(Br)=C/C(=O)NC2(C(=O)OCC)CCCCC2)cc1. The van der Waals surface area contributed by atoms with Gasteiger partial charge in [-0.25, -0.2) is 4.79 Å². The summed E-state index contributed by atoms with van der Waals surface area (Å²) in [6.07, 6.45) is 6.99. The predicted molar refractivity (Wildman–Crippen MR) is 119 cm³/mol. The van der Waals surface area contributed by atoms with Gasteiger partial charge in [-0.2, -0.15) is 0 Å². The van der Waals surface area contributed by atoms with Gasteiger partial charge in [-0.15, -0.1) is 0 Å². The molecule has 0 spiro atoms. The van der Waals surface area contributed by atoms with Crippen molar-refractivity contribution in [2.75, 3.05) is 13.2 Å². The first-order valence-corrected chi connectivity index (χ1v) is 11.3. The van der Waals surface area contributed by atoms with Crippen LogP contribution >= 0.6 is 15.9 Å². The van der Waals surface area contributed by atoms with Crippen molar-refractivity contribution in [1.82, 2.24) is 5.32 Å². The molecule has 0 unspecified atom stereocenters. The largest absolute Gasteiger partial charge is 0.494 e. The first-order chi connectivity index (χ1) is 14.4. The number of amides is 1. The molecule has 6 nitrogen and oxygen atoms in total. The Kier molecular flexibility index (Phi) is 9.56. The molecule has 0 radical (unpaired) electrons. The zero-order valence-corrected chi connectivity index (χ0v) is 19.3. The molecule has 1 aromatic rings. The summed E-state index contributed by atoms with van der Waals surface area (Å²) in [7, 11) is 0. The van der Waals surface area contributed by atoms with Gasteiger partial charge in [0.05, 0.1) is 17.7 Å². The van der Waals surface area contributed by atoms with E-state index in [1.54, 1.807) is 31.2 Å². The lowest BCUT2D eigenvalue weighted by molar-refractivity contribution is -0.154. The summed E-state index contributed by atoms with van der Waals surface area (Å²) in [6.45, 7) is 4.72. The van der Waals surface area contributed by atoms with Crippen LogP contribution in [0.4, 0.5) is 0 Å². The maximum absolute atomic E-state index is 12.6. The summed E-state index contributed by atoms with van der Waals surface area (Å²) in [6, 6.07) is 6.80. The van der Waals surface area contributed by atoms with Gasteiger partial charge in [0.2, 0.25) is 5.91 Å². The number of Topliss-reactive ketones (excluding diaryl/α,β-unsaturated/α-hetero) is 1. The van der Waals surface area contributed by atoms with Crippen LogP contribution in [0.15, 0.2) is 34.8 Å². The fraction of sp³-hybridized carbons (Fsp3) is 0.522. The minimum Gasteiger partial charge on any atom is -0.494 e. The van der Waals surface area contributed by atoms with E-state index < -0.39 is 17.4 Å². The minimum atomic E-state index is -1.02. The Labute approximate surface area is 186 Å². The third kappa shape index (κ3) is 6.69. The first kappa shape index (κ1) is 24.1. The molecule has 1 aliphatic carbocycles. The second-order valence-corrected chi connectivity index (χ2v) is 8.25. The number of ketones is 1. The van der Waals surface area contributed by atoms with E-state index in [0.717, 1.165) is 32.1 Å². The van der Waals surface area contributed by atoms with Gasteiger partial charge in [0.25, 0.3) is 0 Å². The number of halogens is 1. The monoisotopic (exact) mass is 479 g/mol. The van der Waals surface area contributed by atoms with Crippen LogP contribution in [-0.4, -0.2) is 36.4 Å². The average molecular weight is 480 g/mol. The zero-order chi connectivity index (χ0) is 22.0. The number of nitrogens with one attached hydrogen (secondary N) is 1. The van der Waals surface area contributed by atoms with Gasteiger partial charge in [-0.1, -0.05) is 32.6 Å². The van der Waals surface area contributed by atoms with Gasteiger partial charge in [0, 0.05) is 11.6 Å². The Morgan fingerprint density at radius 3 is 2.37 bits per heavy atom. The number of hydrogen-bond donors (Lipinski definition) is 1. The molecule has 0 aliphatic heterocycles. The van der Waals surface area contributed by atoms with Crippen molar-refractivity contribution in [2.24, 2.45) is 0 Å². The van der Waals surface area contributed by atoms with Crippen molar-refractivity contribution in [3.05, 3.63) is 40.4 Å². The lowest BCUT2D eigenvalue weighted by atomic mass is 9.81. The van der Waals surface area contributed by atoms with E-state index in [1.807, 2.05) is 0 Å². The molecule has 7 heteroatoms. The summed E-state index contributed by atoms with van der Waals surface area (Å²) < 4.78 is 10.9. The van der Waals surface area contributed by atoms with Gasteiger partial charge >= 0.3 is 5.97 Å². The number of allylic oxidation sites excluding steroid dienone is 1. The molecule has 2 rings (SSSR count). The highest BCUT2D eigenvalue weighted by Gasteiger charge is 2.42. The Balaban J connectivity index is 2.04. The van der Waals surface area contributed by atoms with E-state index >= 15 is 0 Å². The van der Waals surface area contributed by atoms with E-state index in [-0.39, 0.29) is 16.9 Å². The Morgan fingerprint density at radius 1 is 1.10 bits per heavy atom. The van der Waals surface area contributed by atoms with Crippen molar-refractivity contribution >= 4 is 33.6 Å². The Bertz CT molecular complexity index is 766. The number of hydrogen-bond acceptors (Lipinski definition) is 5. The van der Waals surface area contributed by atoms with Gasteiger partial charge in [0.15, 0.2) is 5.78 Å². The maximum Gasteiger partial charge on any atom is 0.331 e. The third-order valence-electron chi connectivity index (χ3n) is 5.09. The quantitative estimate of drug-likeness (QED) is 0.227. The van der Waals surface area contributed by atoms with Crippen molar-refractivity contribution in [3.8, 4) is 5.75 Å². The van der Waals surface area contributed by atoms with Crippen molar-refractivity contribution in [2.45, 2.75) is 64.3 Å². The highest BCUT2D eigenvalue weighted by molar-refractivity contribution is 9.12. The molecule has 0 atom stereocenters. The van der Waals surface area contributed by atoms with Crippen LogP contribution in [0.2, 0.25) is 0 Å². The maximum atomic E-state index is 12.6. The van der Waals surface area contributed by atoms with Gasteiger partial charge in [-0.3, -0.25) is 9.59 Å². The molecular weight excluding hydrogens is 450 g/mol. The minimum absolute atomic E-state index is 0.120. The number of unbranched alkanes of at least 4 members (excludes halogenated alkanes) is 1. The van der Waals surface area contributed by atoms with E-state index in [1.165, 1.54) is 6.08 Å². The summed E-state index contributed by atoms with van der Waals surface area (Å²) in [5, 5.41) is 2.80. The summed E-state index contributed by atoms with van der Waals surface area (Å²) in [5.74, 6) is -0.525. The van der Waals surface area contributed by atoms with E-state index in [4.69, 9.17) is 9.47 Å². The molecule has 1 saturated carbocycles. The molecule has 1 aromatic carbocycles. The highest BCUT2D eigenvalue weighted by Crippen LogP contribution is 2.30. The average Bonchev–Trinajstić information content (AvgIpc) is 2.74. The van der Waals surface area contributed by atoms with Crippen LogP contribution in [0, 0.1) is 0 Å². The van der Waals surface area contributed by atoms with Crippen molar-refractivity contribution < 1.29 is 23.9 Å². The number of esters is 1. The summed E-state index contributed by atoms with van der Waals surface area (Å²) in [5.41, 5.74) is -0.582. The fourth-order valence-corrected chi connectivity index (χ4v) is 3.87. The topological polar surface area (TPSA) is 81.7 Å². The zero-order valence-electron chi connectivity index (χ0n) is 17.7. The van der Waals surface area contributed by atoms with E-state index in [9.17, 15) is 14.4 Å². The molecule has 1 amide bonds. The normalized spacial score (nSPS) is 15.9. The van der Waals surface area contributed by atoms with Crippen LogP contribution in [0.3, 0.4) is 0 Å². The smallest absolute Gasteiger partial charge is 0.331 e. The second kappa shape index (κ2) is 11.9. The van der Waals surface area contributed by atoms with Crippen molar-refractivity contribution in [1.29, 1.82) is 0 Å². The molecular formula is C23H30BrNO5. The van der Waals surface area contributed by atoms with E-state index in [2.05, 4.69) is 28.2 Å². The van der Waals surface area contributed by atoms with Crippen molar-refractivity contribution in [3.63, 3.8) is 0 Å². The molecule has 30 heavy (non-hydrogen) atoms. The molecule has 0 heterocycles. The number of carbonyl (C=O) groups is 3. The van der Waals surface area contributed by atoms with E-state index in [0.29, 0.717) is 30.8 Å². The lowest BCUT2D eigenvalue weighted by Crippen LogP contribution is -2.56. The molecule has 0 bridgehead atoms. The van der Waals surface area contributed by atoms with Gasteiger partial charge in [-0.05, 0) is 66.4 Å². The Hall–Kier alpha value is -2.15. The summed E-state index contributed by atoms with van der Waals surface area (Å²) >= 11 is 3.20. The number of ether oxygens (including phenoxy) is 2.